The fourth-order valence-electron chi connectivity index (χ4n) is 2.47. The maximum atomic E-state index is 13.0. The number of hydrogen-bond donors (Lipinski definition) is 2. The molecule has 5 nitrogen and oxygen atoms in total. The summed E-state index contributed by atoms with van der Waals surface area (Å²) in [6, 6.07) is 12.2. The van der Waals surface area contributed by atoms with Crippen LogP contribution in [0.1, 0.15) is 16.7 Å². The van der Waals surface area contributed by atoms with Crippen LogP contribution in [0.5, 0.6) is 0 Å². The molecule has 2 N–H and O–H groups in total. The van der Waals surface area contributed by atoms with E-state index in [0.717, 1.165) is 11.6 Å². The molecule has 0 heterocycles. The first kappa shape index (κ1) is 20.4. The number of aliphatic carboxylic acids is 1. The van der Waals surface area contributed by atoms with Crippen LogP contribution in [0, 0.1) is 0 Å². The Morgan fingerprint density at radius 3 is 2.30 bits per heavy atom. The maximum Gasteiger partial charge on any atom is 0.416 e. The zero-order valence-electron chi connectivity index (χ0n) is 14.2. The smallest absolute Gasteiger partial charge is 0.416 e. The number of amides is 1. The van der Waals surface area contributed by atoms with Crippen LogP contribution in [-0.4, -0.2) is 29.6 Å². The first-order valence-electron chi connectivity index (χ1n) is 8.06. The van der Waals surface area contributed by atoms with E-state index in [0.29, 0.717) is 0 Å². The molecule has 1 atom stereocenters. The molecule has 0 unspecified atom stereocenters. The summed E-state index contributed by atoms with van der Waals surface area (Å²) in [4.78, 5) is 23.3. The lowest BCUT2D eigenvalue weighted by Gasteiger charge is -2.18. The second-order valence-electron chi connectivity index (χ2n) is 5.80. The summed E-state index contributed by atoms with van der Waals surface area (Å²) < 4.78 is 44.3. The molecule has 2 aromatic rings. The van der Waals surface area contributed by atoms with Crippen molar-refractivity contribution in [3.63, 3.8) is 0 Å². The van der Waals surface area contributed by atoms with Crippen molar-refractivity contribution in [3.05, 3.63) is 71.3 Å². The normalized spacial score (nSPS) is 12.4. The predicted molar refractivity (Wildman–Crippen MR) is 90.8 cm³/mol. The number of nitrogens with one attached hydrogen (secondary N) is 1. The zero-order chi connectivity index (χ0) is 19.9. The predicted octanol–water partition coefficient (Wildman–Crippen LogP) is 3.03. The largest absolute Gasteiger partial charge is 0.480 e. The molecule has 0 bridgehead atoms. The first-order chi connectivity index (χ1) is 12.8. The highest BCUT2D eigenvalue weighted by atomic mass is 19.4. The van der Waals surface area contributed by atoms with Crippen molar-refractivity contribution >= 4 is 11.9 Å². The van der Waals surface area contributed by atoms with Crippen molar-refractivity contribution in [1.82, 2.24) is 5.32 Å². The van der Waals surface area contributed by atoms with Gasteiger partial charge in [0.25, 0.3) is 0 Å². The average molecular weight is 381 g/mol. The van der Waals surface area contributed by atoms with Crippen LogP contribution in [0.3, 0.4) is 0 Å². The highest BCUT2D eigenvalue weighted by Crippen LogP contribution is 2.32. The van der Waals surface area contributed by atoms with Crippen molar-refractivity contribution in [1.29, 1.82) is 0 Å². The quantitative estimate of drug-likeness (QED) is 0.737. The molecule has 8 heteroatoms. The summed E-state index contributed by atoms with van der Waals surface area (Å²) in [5.41, 5.74) is -0.298. The lowest BCUT2D eigenvalue weighted by atomic mass is 10.00. The number of alkyl halides is 3. The van der Waals surface area contributed by atoms with Gasteiger partial charge in [-0.2, -0.15) is 13.2 Å². The van der Waals surface area contributed by atoms with Gasteiger partial charge in [0.05, 0.1) is 12.2 Å². The van der Waals surface area contributed by atoms with Crippen molar-refractivity contribution in [2.45, 2.75) is 25.2 Å². The van der Waals surface area contributed by atoms with E-state index in [2.05, 4.69) is 5.32 Å². The lowest BCUT2D eigenvalue weighted by Crippen LogP contribution is -2.44. The van der Waals surface area contributed by atoms with Gasteiger partial charge in [-0.3, -0.25) is 4.79 Å². The standard InChI is InChI=1S/C19H18F3NO4/c20-19(21,22)15-9-5-4-8-14(15)10-16(18(25)26)23-17(24)12-27-11-13-6-2-1-3-7-13/h1-9,16H,10-12H2,(H,23,24)(H,25,26)/t16-/m1/s1. The van der Waals surface area contributed by atoms with Gasteiger partial charge in [0, 0.05) is 6.42 Å². The van der Waals surface area contributed by atoms with Gasteiger partial charge < -0.3 is 15.2 Å². The summed E-state index contributed by atoms with van der Waals surface area (Å²) >= 11 is 0. The number of hydrogen-bond acceptors (Lipinski definition) is 3. The number of carboxylic acids is 1. The number of carboxylic acid groups (broad SMARTS) is 1. The summed E-state index contributed by atoms with van der Waals surface area (Å²) in [5.74, 6) is -2.15. The molecule has 2 rings (SSSR count). The molecule has 27 heavy (non-hydrogen) atoms. The second-order valence-corrected chi connectivity index (χ2v) is 5.80. The molecule has 0 spiro atoms. The minimum atomic E-state index is -4.61. The van der Waals surface area contributed by atoms with Crippen molar-refractivity contribution in [3.8, 4) is 0 Å². The fraction of sp³-hybridized carbons (Fsp3) is 0.263. The van der Waals surface area contributed by atoms with Gasteiger partial charge in [0.2, 0.25) is 5.91 Å². The van der Waals surface area contributed by atoms with Gasteiger partial charge in [0.1, 0.15) is 12.6 Å². The number of ether oxygens (including phenoxy) is 1. The third kappa shape index (κ3) is 6.41. The number of carbonyl (C=O) groups is 2. The van der Waals surface area contributed by atoms with E-state index in [-0.39, 0.29) is 12.2 Å². The summed E-state index contributed by atoms with van der Waals surface area (Å²) in [6.45, 7) is -0.248. The van der Waals surface area contributed by atoms with Crippen LogP contribution in [0.25, 0.3) is 0 Å². The van der Waals surface area contributed by atoms with E-state index in [9.17, 15) is 27.9 Å². The maximum absolute atomic E-state index is 13.0. The zero-order valence-corrected chi connectivity index (χ0v) is 14.2. The van der Waals surface area contributed by atoms with Gasteiger partial charge in [0.15, 0.2) is 0 Å². The Labute approximate surface area is 153 Å². The Kier molecular flexibility index (Phi) is 6.95. The molecule has 0 aliphatic rings. The molecule has 0 aromatic heterocycles. The lowest BCUT2D eigenvalue weighted by molar-refractivity contribution is -0.143. The van der Waals surface area contributed by atoms with E-state index >= 15 is 0 Å². The van der Waals surface area contributed by atoms with E-state index in [1.54, 1.807) is 24.3 Å². The summed E-state index contributed by atoms with van der Waals surface area (Å²) in [5, 5.41) is 11.4. The van der Waals surface area contributed by atoms with Crippen LogP contribution in [-0.2, 0) is 33.5 Å². The third-order valence-corrected chi connectivity index (χ3v) is 3.72. The van der Waals surface area contributed by atoms with Crippen LogP contribution in [0.2, 0.25) is 0 Å². The molecular formula is C19H18F3NO4. The van der Waals surface area contributed by atoms with Crippen LogP contribution in [0.4, 0.5) is 13.2 Å². The number of halogens is 3. The fourth-order valence-corrected chi connectivity index (χ4v) is 2.47. The monoisotopic (exact) mass is 381 g/mol. The van der Waals surface area contributed by atoms with Gasteiger partial charge in [-0.15, -0.1) is 0 Å². The van der Waals surface area contributed by atoms with Crippen molar-refractivity contribution < 1.29 is 32.6 Å². The second kappa shape index (κ2) is 9.18. The number of rotatable bonds is 8. The van der Waals surface area contributed by atoms with E-state index in [4.69, 9.17) is 4.74 Å². The highest BCUT2D eigenvalue weighted by Gasteiger charge is 2.34. The molecule has 0 fully saturated rings. The van der Waals surface area contributed by atoms with E-state index < -0.39 is 42.7 Å². The summed E-state index contributed by atoms with van der Waals surface area (Å²) in [7, 11) is 0. The highest BCUT2D eigenvalue weighted by molar-refractivity contribution is 5.84. The van der Waals surface area contributed by atoms with Crippen LogP contribution in [0.15, 0.2) is 54.6 Å². The molecule has 0 saturated carbocycles. The van der Waals surface area contributed by atoms with E-state index in [1.165, 1.54) is 18.2 Å². The van der Waals surface area contributed by atoms with Gasteiger partial charge in [-0.05, 0) is 17.2 Å². The molecule has 0 aliphatic carbocycles. The first-order valence-corrected chi connectivity index (χ1v) is 8.06. The molecule has 1 amide bonds. The molecular weight excluding hydrogens is 363 g/mol. The minimum absolute atomic E-state index is 0.156. The minimum Gasteiger partial charge on any atom is -0.480 e. The molecule has 2 aromatic carbocycles. The van der Waals surface area contributed by atoms with Crippen LogP contribution < -0.4 is 5.32 Å². The molecule has 0 aliphatic heterocycles. The van der Waals surface area contributed by atoms with E-state index in [1.807, 2.05) is 6.07 Å². The van der Waals surface area contributed by atoms with Gasteiger partial charge >= 0.3 is 12.1 Å². The molecule has 144 valence electrons. The third-order valence-electron chi connectivity index (χ3n) is 3.72. The Morgan fingerprint density at radius 2 is 1.67 bits per heavy atom. The average Bonchev–Trinajstić information content (AvgIpc) is 2.61. The van der Waals surface area contributed by atoms with Crippen molar-refractivity contribution in [2.24, 2.45) is 0 Å². The van der Waals surface area contributed by atoms with Crippen LogP contribution >= 0.6 is 0 Å². The molecule has 0 saturated heterocycles. The van der Waals surface area contributed by atoms with Gasteiger partial charge in [-0.1, -0.05) is 48.5 Å². The van der Waals surface area contributed by atoms with Gasteiger partial charge in [-0.25, -0.2) is 4.79 Å². The Morgan fingerprint density at radius 1 is 1.04 bits per heavy atom. The SMILES string of the molecule is O=C(COCc1ccccc1)N[C@H](Cc1ccccc1C(F)(F)F)C(=O)O. The molecule has 0 radical (unpaired) electrons. The Balaban J connectivity index is 1.96. The topological polar surface area (TPSA) is 75.6 Å². The van der Waals surface area contributed by atoms with Crippen molar-refractivity contribution in [2.75, 3.05) is 6.61 Å². The number of carbonyl (C=O) groups excluding carboxylic acids is 1. The number of benzene rings is 2. The Hall–Kier alpha value is -2.87. The Bertz CT molecular complexity index is 778. The summed E-state index contributed by atoms with van der Waals surface area (Å²) in [6.07, 6.45) is -5.10.